The van der Waals surface area contributed by atoms with E-state index >= 15 is 0 Å². The van der Waals surface area contributed by atoms with Crippen LogP contribution in [0.4, 0.5) is 0 Å². The molecule has 0 bridgehead atoms. The molecule has 8 N–H and O–H groups in total. The fourth-order valence-corrected chi connectivity index (χ4v) is 2.59. The third kappa shape index (κ3) is 17.1. The molecule has 15 heteroatoms. The van der Waals surface area contributed by atoms with Crippen molar-refractivity contribution in [3.05, 3.63) is 0 Å². The maximum Gasteiger partial charge on any atom is 0.322 e. The molecule has 0 aromatic heterocycles. The SMILES string of the molecule is CC(=O)N[C@@H](CC[SeH])C(=O)O.N[C@@H](CCC(=O)N[C@@H](CS)C(=O)NCC(=O)O)C(=O)O. The molecule has 31 heavy (non-hydrogen) atoms. The van der Waals surface area contributed by atoms with Gasteiger partial charge in [-0.25, -0.2) is 0 Å². The van der Waals surface area contributed by atoms with E-state index in [0.29, 0.717) is 11.7 Å². The molecule has 0 aromatic carbocycles. The van der Waals surface area contributed by atoms with E-state index in [1.807, 2.05) is 0 Å². The third-order valence-electron chi connectivity index (χ3n) is 3.34. The van der Waals surface area contributed by atoms with Gasteiger partial charge in [0.2, 0.25) is 11.8 Å². The number of carbonyl (C=O) groups excluding carboxylic acids is 3. The van der Waals surface area contributed by atoms with Crippen molar-refractivity contribution in [3.63, 3.8) is 0 Å². The zero-order chi connectivity index (χ0) is 24.6. The predicted molar refractivity (Wildman–Crippen MR) is 113 cm³/mol. The zero-order valence-electron chi connectivity index (χ0n) is 16.7. The summed E-state index contributed by atoms with van der Waals surface area (Å²) in [6.45, 7) is 0.739. The number of aliphatic carboxylic acids is 3. The topological polar surface area (TPSA) is 225 Å². The number of thiol groups is 1. The van der Waals surface area contributed by atoms with Gasteiger partial charge in [-0.15, -0.1) is 0 Å². The molecule has 0 aliphatic heterocycles. The molecular weight excluding hydrogens is 503 g/mol. The van der Waals surface area contributed by atoms with E-state index in [9.17, 15) is 28.8 Å². The number of hydrogen-bond acceptors (Lipinski definition) is 8. The maximum absolute atomic E-state index is 11.5. The Morgan fingerprint density at radius 1 is 0.968 bits per heavy atom. The summed E-state index contributed by atoms with van der Waals surface area (Å²) in [5, 5.41) is 32.9. The van der Waals surface area contributed by atoms with Crippen molar-refractivity contribution in [1.82, 2.24) is 16.0 Å². The van der Waals surface area contributed by atoms with Gasteiger partial charge in [0.05, 0.1) is 0 Å². The molecule has 0 rings (SSSR count). The van der Waals surface area contributed by atoms with Gasteiger partial charge in [-0.05, 0) is 6.42 Å². The third-order valence-corrected chi connectivity index (χ3v) is 4.25. The first kappa shape index (κ1) is 30.8. The number of hydrogen-bond donors (Lipinski definition) is 8. The van der Waals surface area contributed by atoms with E-state index in [0.717, 1.165) is 0 Å². The number of rotatable bonds is 13. The fraction of sp³-hybridized carbons (Fsp3) is 0.625. The fourth-order valence-electron chi connectivity index (χ4n) is 1.79. The summed E-state index contributed by atoms with van der Waals surface area (Å²) in [5.41, 5.74) is 5.23. The number of carboxylic acid groups (broad SMARTS) is 3. The molecule has 13 nitrogen and oxygen atoms in total. The van der Waals surface area contributed by atoms with Gasteiger partial charge >= 0.3 is 84.5 Å². The molecular formula is C16H28N4O9SSe. The zero-order valence-corrected chi connectivity index (χ0v) is 19.5. The van der Waals surface area contributed by atoms with E-state index in [1.165, 1.54) is 6.92 Å². The summed E-state index contributed by atoms with van der Waals surface area (Å²) in [6.07, 6.45) is 0.218. The van der Waals surface area contributed by atoms with Crippen LogP contribution < -0.4 is 21.7 Å². The van der Waals surface area contributed by atoms with Gasteiger partial charge in [-0.2, -0.15) is 12.6 Å². The summed E-state index contributed by atoms with van der Waals surface area (Å²) < 4.78 is 0. The minimum atomic E-state index is -1.22. The summed E-state index contributed by atoms with van der Waals surface area (Å²) >= 11 is 6.15. The molecule has 0 fully saturated rings. The smallest absolute Gasteiger partial charge is 0.322 e. The Bertz CT molecular complexity index is 651. The molecule has 0 unspecified atom stereocenters. The van der Waals surface area contributed by atoms with Crippen LogP contribution in [0.15, 0.2) is 0 Å². The summed E-state index contributed by atoms with van der Waals surface area (Å²) in [6, 6.07) is -2.89. The quantitative estimate of drug-likeness (QED) is 0.0892. The van der Waals surface area contributed by atoms with Crippen LogP contribution in [-0.2, 0) is 28.8 Å². The maximum atomic E-state index is 11.5. The molecule has 0 saturated carbocycles. The van der Waals surface area contributed by atoms with Gasteiger partial charge < -0.3 is 26.6 Å². The molecule has 0 heterocycles. The molecule has 0 spiro atoms. The molecule has 0 saturated heterocycles. The molecule has 0 aliphatic rings. The summed E-state index contributed by atoms with van der Waals surface area (Å²) in [4.78, 5) is 64.6. The first-order valence-electron chi connectivity index (χ1n) is 8.84. The second-order valence-electron chi connectivity index (χ2n) is 6.00. The van der Waals surface area contributed by atoms with Crippen molar-refractivity contribution in [2.24, 2.45) is 5.73 Å². The number of nitrogens with two attached hydrogens (primary N) is 1. The van der Waals surface area contributed by atoms with E-state index in [2.05, 4.69) is 44.6 Å². The number of amides is 3. The van der Waals surface area contributed by atoms with E-state index < -0.39 is 54.4 Å². The van der Waals surface area contributed by atoms with Crippen LogP contribution in [0.1, 0.15) is 26.2 Å². The molecule has 0 aromatic rings. The van der Waals surface area contributed by atoms with Crippen molar-refractivity contribution in [2.75, 3.05) is 12.3 Å². The normalized spacial score (nSPS) is 12.8. The van der Waals surface area contributed by atoms with Gasteiger partial charge in [0.25, 0.3) is 0 Å². The Balaban J connectivity index is 0. The Labute approximate surface area is 192 Å². The Kier molecular flexibility index (Phi) is 17.3. The van der Waals surface area contributed by atoms with E-state index in [-0.39, 0.29) is 24.5 Å². The van der Waals surface area contributed by atoms with Crippen LogP contribution in [-0.4, -0.2) is 97.4 Å². The molecule has 0 aliphatic carbocycles. The Morgan fingerprint density at radius 2 is 1.55 bits per heavy atom. The van der Waals surface area contributed by atoms with Crippen LogP contribution in [0.3, 0.4) is 0 Å². The van der Waals surface area contributed by atoms with Crippen molar-refractivity contribution in [3.8, 4) is 0 Å². The number of carbonyl (C=O) groups is 6. The molecule has 0 radical (unpaired) electrons. The first-order chi connectivity index (χ1) is 14.3. The van der Waals surface area contributed by atoms with Crippen molar-refractivity contribution in [2.45, 2.75) is 49.6 Å². The van der Waals surface area contributed by atoms with E-state index in [1.54, 1.807) is 0 Å². The molecule has 3 atom stereocenters. The minimum absolute atomic E-state index is 0.0256. The summed E-state index contributed by atoms with van der Waals surface area (Å²) in [7, 11) is 0. The van der Waals surface area contributed by atoms with Crippen LogP contribution >= 0.6 is 12.6 Å². The van der Waals surface area contributed by atoms with Gasteiger partial charge in [-0.3, -0.25) is 19.2 Å². The summed E-state index contributed by atoms with van der Waals surface area (Å²) in [5.74, 6) is -4.99. The van der Waals surface area contributed by atoms with Gasteiger partial charge in [0, 0.05) is 12.2 Å². The number of nitrogens with one attached hydrogen (secondary N) is 3. The standard InChI is InChI=1S/C10H17N3O6S.C6H11NO3Se/c11-5(10(18)19)1-2-7(14)13-6(4-20)9(17)12-3-8(15)16;1-4(8)7-5(2-3-11)6(9)10/h5-6,20H,1-4,11H2,(H,12,17)(H,13,14)(H,15,16)(H,18,19);5,11H,2-3H2,1H3,(H,7,8)(H,9,10)/t5-,6-;5-/m00/s1. The van der Waals surface area contributed by atoms with Gasteiger partial charge in [0.15, 0.2) is 0 Å². The monoisotopic (exact) mass is 532 g/mol. The molecule has 178 valence electrons. The Morgan fingerprint density at radius 3 is 1.94 bits per heavy atom. The van der Waals surface area contributed by atoms with Gasteiger partial charge in [0.1, 0.15) is 18.6 Å². The minimum Gasteiger partial charge on any atom is -0.480 e. The van der Waals surface area contributed by atoms with Crippen LogP contribution in [0.2, 0.25) is 5.32 Å². The number of carboxylic acids is 3. The predicted octanol–water partition coefficient (Wildman–Crippen LogP) is -2.92. The van der Waals surface area contributed by atoms with Crippen LogP contribution in [0.25, 0.3) is 0 Å². The van der Waals surface area contributed by atoms with Crippen LogP contribution in [0, 0.1) is 0 Å². The van der Waals surface area contributed by atoms with Crippen LogP contribution in [0.5, 0.6) is 0 Å². The second kappa shape index (κ2) is 17.3. The molecule has 3 amide bonds. The van der Waals surface area contributed by atoms with E-state index in [4.69, 9.17) is 21.1 Å². The largest absolute Gasteiger partial charge is 0.480 e. The first-order valence-corrected chi connectivity index (χ1v) is 10.8. The van der Waals surface area contributed by atoms with Crippen molar-refractivity contribution >= 4 is 64.3 Å². The second-order valence-corrected chi connectivity index (χ2v) is 7.30. The Hall–Kier alpha value is -2.35. The average Bonchev–Trinajstić information content (AvgIpc) is 2.67. The average molecular weight is 531 g/mol. The van der Waals surface area contributed by atoms with Crippen molar-refractivity contribution < 1.29 is 44.1 Å². The van der Waals surface area contributed by atoms with Crippen molar-refractivity contribution in [1.29, 1.82) is 0 Å². The van der Waals surface area contributed by atoms with Gasteiger partial charge in [-0.1, -0.05) is 0 Å².